The summed E-state index contributed by atoms with van der Waals surface area (Å²) in [5, 5.41) is 3.05. The number of thiazole rings is 1. The Hall–Kier alpha value is -2.27. The van der Waals surface area contributed by atoms with E-state index in [4.69, 9.17) is 0 Å². The second-order valence-corrected chi connectivity index (χ2v) is 6.69. The van der Waals surface area contributed by atoms with Crippen LogP contribution in [-0.2, 0) is 6.42 Å². The van der Waals surface area contributed by atoms with Crippen LogP contribution >= 0.6 is 11.3 Å². The van der Waals surface area contributed by atoms with Crippen LogP contribution in [-0.4, -0.2) is 33.9 Å². The predicted octanol–water partition coefficient (Wildman–Crippen LogP) is 3.40. The average Bonchev–Trinajstić information content (AvgIpc) is 3.27. The summed E-state index contributed by atoms with van der Waals surface area (Å²) in [6, 6.07) is 10.4. The Morgan fingerprint density at radius 2 is 2.22 bits per heavy atom. The molecule has 0 aliphatic carbocycles. The highest BCUT2D eigenvalue weighted by atomic mass is 32.1. The number of amides is 1. The minimum absolute atomic E-state index is 0.0633. The zero-order valence-corrected chi connectivity index (χ0v) is 13.5. The molecular formula is C18H17N3OS. The van der Waals surface area contributed by atoms with Crippen molar-refractivity contribution in [2.24, 2.45) is 5.92 Å². The SMILES string of the molecule is O=C(c1cscn1)N1CC[C@H](Cc2cccc3ncccc23)C1. The van der Waals surface area contributed by atoms with Crippen LogP contribution in [0, 0.1) is 5.92 Å². The van der Waals surface area contributed by atoms with Crippen molar-refractivity contribution in [1.29, 1.82) is 0 Å². The van der Waals surface area contributed by atoms with Gasteiger partial charge in [0, 0.05) is 30.1 Å². The lowest BCUT2D eigenvalue weighted by atomic mass is 9.96. The summed E-state index contributed by atoms with van der Waals surface area (Å²) in [7, 11) is 0. The summed E-state index contributed by atoms with van der Waals surface area (Å²) in [6.07, 6.45) is 3.87. The van der Waals surface area contributed by atoms with Crippen LogP contribution in [0.15, 0.2) is 47.4 Å². The first kappa shape index (κ1) is 14.3. The van der Waals surface area contributed by atoms with Crippen LogP contribution in [0.5, 0.6) is 0 Å². The zero-order chi connectivity index (χ0) is 15.6. The van der Waals surface area contributed by atoms with Crippen molar-refractivity contribution >= 4 is 28.1 Å². The van der Waals surface area contributed by atoms with Crippen molar-refractivity contribution in [2.75, 3.05) is 13.1 Å². The summed E-state index contributed by atoms with van der Waals surface area (Å²) in [5.41, 5.74) is 4.65. The van der Waals surface area contributed by atoms with Crippen molar-refractivity contribution in [3.05, 3.63) is 58.7 Å². The van der Waals surface area contributed by atoms with E-state index in [1.807, 2.05) is 28.6 Å². The number of benzene rings is 1. The number of pyridine rings is 1. The molecular weight excluding hydrogens is 306 g/mol. The maximum Gasteiger partial charge on any atom is 0.273 e. The Balaban J connectivity index is 1.49. The molecule has 0 unspecified atom stereocenters. The zero-order valence-electron chi connectivity index (χ0n) is 12.7. The van der Waals surface area contributed by atoms with Gasteiger partial charge < -0.3 is 4.90 Å². The smallest absolute Gasteiger partial charge is 0.273 e. The van der Waals surface area contributed by atoms with E-state index in [1.54, 1.807) is 5.51 Å². The highest BCUT2D eigenvalue weighted by Gasteiger charge is 2.28. The lowest BCUT2D eigenvalue weighted by Crippen LogP contribution is -2.29. The fourth-order valence-corrected chi connectivity index (χ4v) is 3.85. The molecule has 5 heteroatoms. The second kappa shape index (κ2) is 6.08. The molecule has 3 aromatic rings. The molecule has 1 fully saturated rings. The van der Waals surface area contributed by atoms with Crippen LogP contribution in [0.3, 0.4) is 0 Å². The molecule has 0 radical (unpaired) electrons. The third kappa shape index (κ3) is 2.84. The van der Waals surface area contributed by atoms with Crippen LogP contribution in [0.1, 0.15) is 22.5 Å². The Bertz CT molecular complexity index is 826. The van der Waals surface area contributed by atoms with Crippen LogP contribution in [0.2, 0.25) is 0 Å². The molecule has 1 atom stereocenters. The molecule has 3 heterocycles. The van der Waals surface area contributed by atoms with E-state index in [0.29, 0.717) is 11.6 Å². The van der Waals surface area contributed by atoms with E-state index in [9.17, 15) is 4.79 Å². The first-order valence-corrected chi connectivity index (χ1v) is 8.75. The van der Waals surface area contributed by atoms with Crippen molar-refractivity contribution < 1.29 is 4.79 Å². The lowest BCUT2D eigenvalue weighted by Gasteiger charge is -2.15. The molecule has 0 spiro atoms. The van der Waals surface area contributed by atoms with Gasteiger partial charge in [0.1, 0.15) is 5.69 Å². The number of hydrogen-bond acceptors (Lipinski definition) is 4. The topological polar surface area (TPSA) is 46.1 Å². The number of fused-ring (bicyclic) bond motifs is 1. The third-order valence-electron chi connectivity index (χ3n) is 4.47. The number of rotatable bonds is 3. The van der Waals surface area contributed by atoms with Gasteiger partial charge in [-0.05, 0) is 36.5 Å². The number of carbonyl (C=O) groups is 1. The second-order valence-electron chi connectivity index (χ2n) is 5.97. The summed E-state index contributed by atoms with van der Waals surface area (Å²) in [5.74, 6) is 0.566. The van der Waals surface area contributed by atoms with Crippen molar-refractivity contribution in [3.8, 4) is 0 Å². The molecule has 4 nitrogen and oxygen atoms in total. The first-order chi connectivity index (χ1) is 11.3. The molecule has 4 rings (SSSR count). The van der Waals surface area contributed by atoms with Gasteiger partial charge in [0.05, 0.1) is 11.0 Å². The Labute approximate surface area is 138 Å². The highest BCUT2D eigenvalue weighted by molar-refractivity contribution is 7.07. The largest absolute Gasteiger partial charge is 0.337 e. The normalized spacial score (nSPS) is 17.7. The predicted molar refractivity (Wildman–Crippen MR) is 91.6 cm³/mol. The van der Waals surface area contributed by atoms with Gasteiger partial charge in [0.15, 0.2) is 0 Å². The van der Waals surface area contributed by atoms with E-state index < -0.39 is 0 Å². The minimum atomic E-state index is 0.0633. The first-order valence-electron chi connectivity index (χ1n) is 7.81. The lowest BCUT2D eigenvalue weighted by molar-refractivity contribution is 0.0782. The molecule has 0 bridgehead atoms. The molecule has 1 saturated heterocycles. The Kier molecular flexibility index (Phi) is 3.79. The number of nitrogens with zero attached hydrogens (tertiary/aromatic N) is 3. The molecule has 1 aliphatic rings. The van der Waals surface area contributed by atoms with Gasteiger partial charge in [-0.3, -0.25) is 9.78 Å². The standard InChI is InChI=1S/C18H17N3OS/c22-18(17-11-23-12-20-17)21-8-6-13(10-21)9-14-3-1-5-16-15(14)4-2-7-19-16/h1-5,7,11-13H,6,8-10H2/t13-/m1/s1. The van der Waals surface area contributed by atoms with Crippen molar-refractivity contribution in [3.63, 3.8) is 0 Å². The van der Waals surface area contributed by atoms with Gasteiger partial charge in [-0.2, -0.15) is 0 Å². The fourth-order valence-electron chi connectivity index (χ4n) is 3.32. The molecule has 1 amide bonds. The molecule has 2 aromatic heterocycles. The molecule has 116 valence electrons. The van der Waals surface area contributed by atoms with Gasteiger partial charge in [-0.25, -0.2) is 4.98 Å². The Morgan fingerprint density at radius 1 is 1.26 bits per heavy atom. The van der Waals surface area contributed by atoms with Crippen molar-refractivity contribution in [1.82, 2.24) is 14.9 Å². The maximum atomic E-state index is 12.4. The maximum absolute atomic E-state index is 12.4. The average molecular weight is 323 g/mol. The minimum Gasteiger partial charge on any atom is -0.337 e. The van der Waals surface area contributed by atoms with Crippen LogP contribution in [0.4, 0.5) is 0 Å². The quantitative estimate of drug-likeness (QED) is 0.742. The van der Waals surface area contributed by atoms with Gasteiger partial charge in [-0.15, -0.1) is 11.3 Å². The van der Waals surface area contributed by atoms with E-state index in [0.717, 1.165) is 31.4 Å². The fraction of sp³-hybridized carbons (Fsp3) is 0.278. The third-order valence-corrected chi connectivity index (χ3v) is 5.06. The van der Waals surface area contributed by atoms with Gasteiger partial charge >= 0.3 is 0 Å². The summed E-state index contributed by atoms with van der Waals surface area (Å²) < 4.78 is 0. The molecule has 1 aliphatic heterocycles. The summed E-state index contributed by atoms with van der Waals surface area (Å²) >= 11 is 1.47. The van der Waals surface area contributed by atoms with Gasteiger partial charge in [0.2, 0.25) is 0 Å². The molecule has 1 aromatic carbocycles. The molecule has 23 heavy (non-hydrogen) atoms. The summed E-state index contributed by atoms with van der Waals surface area (Å²) in [4.78, 5) is 22.9. The van der Waals surface area contributed by atoms with Crippen LogP contribution < -0.4 is 0 Å². The molecule has 0 saturated carbocycles. The molecule has 0 N–H and O–H groups in total. The van der Waals surface area contributed by atoms with E-state index in [-0.39, 0.29) is 5.91 Å². The number of hydrogen-bond donors (Lipinski definition) is 0. The van der Waals surface area contributed by atoms with E-state index in [1.165, 1.54) is 22.3 Å². The van der Waals surface area contributed by atoms with E-state index >= 15 is 0 Å². The van der Waals surface area contributed by atoms with Gasteiger partial charge in [-0.1, -0.05) is 18.2 Å². The van der Waals surface area contributed by atoms with E-state index in [2.05, 4.69) is 28.2 Å². The monoisotopic (exact) mass is 323 g/mol. The van der Waals surface area contributed by atoms with Gasteiger partial charge in [0.25, 0.3) is 5.91 Å². The van der Waals surface area contributed by atoms with Crippen LogP contribution in [0.25, 0.3) is 10.9 Å². The number of likely N-dealkylation sites (tertiary alicyclic amines) is 1. The highest BCUT2D eigenvalue weighted by Crippen LogP contribution is 2.26. The number of carbonyl (C=O) groups excluding carboxylic acids is 1. The number of aromatic nitrogens is 2. The summed E-state index contributed by atoms with van der Waals surface area (Å²) in [6.45, 7) is 1.64. The van der Waals surface area contributed by atoms with Crippen molar-refractivity contribution in [2.45, 2.75) is 12.8 Å². The Morgan fingerprint density at radius 3 is 3.09 bits per heavy atom.